The van der Waals surface area contributed by atoms with E-state index in [0.717, 1.165) is 12.1 Å². The summed E-state index contributed by atoms with van der Waals surface area (Å²) in [6, 6.07) is 2.86. The molecule has 2 aliphatic rings. The highest BCUT2D eigenvalue weighted by Crippen LogP contribution is 2.23. The normalized spacial score (nSPS) is 19.0. The molecule has 136 valence electrons. The average Bonchev–Trinajstić information content (AvgIpc) is 2.65. The third-order valence-electron chi connectivity index (χ3n) is 4.65. The molecular formula is C17H21F2N3O3. The Bertz CT molecular complexity index is 622. The number of carbonyl (C=O) groups excluding carboxylic acids is 2. The van der Waals surface area contributed by atoms with Crippen LogP contribution >= 0.6 is 0 Å². The standard InChI is InChI=1S/C17H21F2N3O3/c18-13-2-1-3-14(19)15(13)20-17(24)22-6-4-12(5-7-22)16(23)21-8-10-25-11-9-21/h1-3,12H,4-11H2,(H,20,24). The number of likely N-dealkylation sites (tertiary alicyclic amines) is 1. The number of anilines is 1. The van der Waals surface area contributed by atoms with E-state index in [4.69, 9.17) is 4.74 Å². The smallest absolute Gasteiger partial charge is 0.322 e. The molecule has 0 saturated carbocycles. The van der Waals surface area contributed by atoms with Crippen LogP contribution in [0.15, 0.2) is 18.2 Å². The highest BCUT2D eigenvalue weighted by Gasteiger charge is 2.31. The van der Waals surface area contributed by atoms with Crippen LogP contribution < -0.4 is 5.32 Å². The molecule has 0 aromatic heterocycles. The molecule has 0 aliphatic carbocycles. The van der Waals surface area contributed by atoms with Gasteiger partial charge in [0.1, 0.15) is 17.3 Å². The van der Waals surface area contributed by atoms with E-state index in [1.807, 2.05) is 0 Å². The maximum atomic E-state index is 13.6. The van der Waals surface area contributed by atoms with Crippen LogP contribution in [0, 0.1) is 17.6 Å². The molecular weight excluding hydrogens is 332 g/mol. The van der Waals surface area contributed by atoms with Crippen molar-refractivity contribution >= 4 is 17.6 Å². The first kappa shape index (κ1) is 17.6. The number of ether oxygens (including phenoxy) is 1. The molecule has 25 heavy (non-hydrogen) atoms. The van der Waals surface area contributed by atoms with Gasteiger partial charge in [0.25, 0.3) is 0 Å². The number of piperidine rings is 1. The van der Waals surface area contributed by atoms with Crippen molar-refractivity contribution < 1.29 is 23.1 Å². The fraction of sp³-hybridized carbons (Fsp3) is 0.529. The van der Waals surface area contributed by atoms with Gasteiger partial charge < -0.3 is 19.9 Å². The van der Waals surface area contributed by atoms with E-state index in [-0.39, 0.29) is 11.8 Å². The van der Waals surface area contributed by atoms with Crippen LogP contribution in [-0.2, 0) is 9.53 Å². The van der Waals surface area contributed by atoms with Gasteiger partial charge in [-0.2, -0.15) is 0 Å². The Labute approximate surface area is 144 Å². The molecule has 6 nitrogen and oxygen atoms in total. The van der Waals surface area contributed by atoms with Crippen molar-refractivity contribution in [3.05, 3.63) is 29.8 Å². The second-order valence-corrected chi connectivity index (χ2v) is 6.23. The Hall–Kier alpha value is -2.22. The van der Waals surface area contributed by atoms with Crippen LogP contribution in [0.4, 0.5) is 19.3 Å². The fourth-order valence-electron chi connectivity index (χ4n) is 3.17. The molecule has 0 spiro atoms. The summed E-state index contributed by atoms with van der Waals surface area (Å²) in [5.41, 5.74) is -0.445. The maximum absolute atomic E-state index is 13.6. The van der Waals surface area contributed by atoms with Crippen molar-refractivity contribution in [1.82, 2.24) is 9.80 Å². The van der Waals surface area contributed by atoms with Crippen molar-refractivity contribution in [2.24, 2.45) is 5.92 Å². The molecule has 3 amide bonds. The number of urea groups is 1. The van der Waals surface area contributed by atoms with Gasteiger partial charge in [0.15, 0.2) is 0 Å². The monoisotopic (exact) mass is 353 g/mol. The van der Waals surface area contributed by atoms with Crippen LogP contribution in [0.25, 0.3) is 0 Å². The second kappa shape index (κ2) is 7.77. The highest BCUT2D eigenvalue weighted by molar-refractivity contribution is 5.90. The molecule has 2 saturated heterocycles. The Kier molecular flexibility index (Phi) is 5.47. The van der Waals surface area contributed by atoms with Gasteiger partial charge in [0.2, 0.25) is 5.91 Å². The van der Waals surface area contributed by atoms with Crippen LogP contribution in [0.1, 0.15) is 12.8 Å². The summed E-state index contributed by atoms with van der Waals surface area (Å²) in [4.78, 5) is 28.0. The van der Waals surface area contributed by atoms with E-state index in [9.17, 15) is 18.4 Å². The van der Waals surface area contributed by atoms with Gasteiger partial charge >= 0.3 is 6.03 Å². The van der Waals surface area contributed by atoms with E-state index in [1.54, 1.807) is 4.90 Å². The molecule has 2 heterocycles. The van der Waals surface area contributed by atoms with Crippen molar-refractivity contribution in [1.29, 1.82) is 0 Å². The number of morpholine rings is 1. The summed E-state index contributed by atoms with van der Waals surface area (Å²) >= 11 is 0. The van der Waals surface area contributed by atoms with E-state index >= 15 is 0 Å². The highest BCUT2D eigenvalue weighted by atomic mass is 19.1. The Morgan fingerprint density at radius 3 is 2.20 bits per heavy atom. The van der Waals surface area contributed by atoms with Crippen LogP contribution in [0.5, 0.6) is 0 Å². The van der Waals surface area contributed by atoms with Gasteiger partial charge in [0.05, 0.1) is 13.2 Å². The summed E-state index contributed by atoms with van der Waals surface area (Å²) in [7, 11) is 0. The lowest BCUT2D eigenvalue weighted by Gasteiger charge is -2.35. The molecule has 2 aliphatic heterocycles. The lowest BCUT2D eigenvalue weighted by Crippen LogP contribution is -2.48. The van der Waals surface area contributed by atoms with E-state index in [1.165, 1.54) is 11.0 Å². The molecule has 2 fully saturated rings. The average molecular weight is 353 g/mol. The molecule has 1 aromatic rings. The molecule has 1 N–H and O–H groups in total. The number of rotatable bonds is 2. The number of nitrogens with zero attached hydrogens (tertiary/aromatic N) is 2. The molecule has 0 unspecified atom stereocenters. The predicted octanol–water partition coefficient (Wildman–Crippen LogP) is 2.07. The van der Waals surface area contributed by atoms with Crippen molar-refractivity contribution in [2.75, 3.05) is 44.7 Å². The molecule has 1 aromatic carbocycles. The third kappa shape index (κ3) is 4.07. The largest absolute Gasteiger partial charge is 0.378 e. The lowest BCUT2D eigenvalue weighted by molar-refractivity contribution is -0.140. The SMILES string of the molecule is O=C(Nc1c(F)cccc1F)N1CCC(C(=O)N2CCOCC2)CC1. The Morgan fingerprint density at radius 1 is 1.00 bits per heavy atom. The van der Waals surface area contributed by atoms with Gasteiger partial charge in [-0.15, -0.1) is 0 Å². The minimum atomic E-state index is -0.814. The van der Waals surface area contributed by atoms with Gasteiger partial charge in [-0.3, -0.25) is 4.79 Å². The first-order chi connectivity index (χ1) is 12.1. The number of para-hydroxylation sites is 1. The maximum Gasteiger partial charge on any atom is 0.322 e. The number of hydrogen-bond acceptors (Lipinski definition) is 3. The van der Waals surface area contributed by atoms with Gasteiger partial charge in [-0.25, -0.2) is 13.6 Å². The second-order valence-electron chi connectivity index (χ2n) is 6.23. The van der Waals surface area contributed by atoms with E-state index in [0.29, 0.717) is 52.2 Å². The van der Waals surface area contributed by atoms with Gasteiger partial charge in [-0.1, -0.05) is 6.07 Å². The Morgan fingerprint density at radius 2 is 1.60 bits per heavy atom. The van der Waals surface area contributed by atoms with Gasteiger partial charge in [0, 0.05) is 32.1 Å². The Balaban J connectivity index is 1.53. The third-order valence-corrected chi connectivity index (χ3v) is 4.65. The quantitative estimate of drug-likeness (QED) is 0.885. The summed E-state index contributed by atoms with van der Waals surface area (Å²) in [6.07, 6.45) is 1.09. The number of halogens is 2. The lowest BCUT2D eigenvalue weighted by atomic mass is 9.95. The zero-order valence-electron chi connectivity index (χ0n) is 13.8. The summed E-state index contributed by atoms with van der Waals surface area (Å²) in [5.74, 6) is -1.65. The number of amides is 3. The van der Waals surface area contributed by atoms with E-state index in [2.05, 4.69) is 5.32 Å². The fourth-order valence-corrected chi connectivity index (χ4v) is 3.17. The van der Waals surface area contributed by atoms with E-state index < -0.39 is 23.4 Å². The first-order valence-electron chi connectivity index (χ1n) is 8.42. The molecule has 0 atom stereocenters. The van der Waals surface area contributed by atoms with Crippen molar-refractivity contribution in [2.45, 2.75) is 12.8 Å². The number of nitrogens with one attached hydrogen (secondary N) is 1. The predicted molar refractivity (Wildman–Crippen MR) is 87.1 cm³/mol. The zero-order valence-corrected chi connectivity index (χ0v) is 13.8. The summed E-state index contributed by atoms with van der Waals surface area (Å²) < 4.78 is 32.5. The minimum absolute atomic E-state index is 0.100. The number of carbonyl (C=O) groups is 2. The molecule has 8 heteroatoms. The number of hydrogen-bond donors (Lipinski definition) is 1. The summed E-state index contributed by atoms with van der Waals surface area (Å²) in [5, 5.41) is 2.28. The van der Waals surface area contributed by atoms with Crippen molar-refractivity contribution in [3.8, 4) is 0 Å². The van der Waals surface area contributed by atoms with Crippen molar-refractivity contribution in [3.63, 3.8) is 0 Å². The first-order valence-corrected chi connectivity index (χ1v) is 8.42. The van der Waals surface area contributed by atoms with Gasteiger partial charge in [-0.05, 0) is 25.0 Å². The molecule has 0 radical (unpaired) electrons. The topological polar surface area (TPSA) is 61.9 Å². The minimum Gasteiger partial charge on any atom is -0.378 e. The molecule has 3 rings (SSSR count). The summed E-state index contributed by atoms with van der Waals surface area (Å²) in [6.45, 7) is 3.08. The zero-order chi connectivity index (χ0) is 17.8. The molecule has 0 bridgehead atoms. The van der Waals surface area contributed by atoms with Crippen LogP contribution in [0.2, 0.25) is 0 Å². The van der Waals surface area contributed by atoms with Crippen LogP contribution in [0.3, 0.4) is 0 Å². The number of benzene rings is 1. The van der Waals surface area contributed by atoms with Crippen LogP contribution in [-0.4, -0.2) is 61.1 Å².